The van der Waals surface area contributed by atoms with Crippen molar-refractivity contribution in [3.63, 3.8) is 0 Å². The van der Waals surface area contributed by atoms with E-state index in [1.165, 1.54) is 16.2 Å². The third-order valence-electron chi connectivity index (χ3n) is 3.05. The number of fused-ring (bicyclic) bond motifs is 1. The lowest BCUT2D eigenvalue weighted by molar-refractivity contribution is 0.103. The molecule has 0 saturated carbocycles. The van der Waals surface area contributed by atoms with Crippen LogP contribution < -0.4 is 16.0 Å². The highest BCUT2D eigenvalue weighted by atomic mass is 32.1. The number of hydrogen-bond donors (Lipinski definition) is 2. The molecule has 0 bridgehead atoms. The van der Waals surface area contributed by atoms with E-state index < -0.39 is 0 Å². The summed E-state index contributed by atoms with van der Waals surface area (Å²) < 4.78 is 0. The number of amides is 1. The number of rotatable bonds is 3. The molecule has 0 aliphatic heterocycles. The fourth-order valence-electron chi connectivity index (χ4n) is 2.07. The number of hydrogen-bond acceptors (Lipinski definition) is 7. The van der Waals surface area contributed by atoms with Gasteiger partial charge in [0.2, 0.25) is 0 Å². The number of nitrogen functional groups attached to an aromatic ring is 1. The maximum absolute atomic E-state index is 12.2. The van der Waals surface area contributed by atoms with Crippen LogP contribution in [0, 0.1) is 0 Å². The molecule has 0 unspecified atom stereocenters. The molecule has 0 atom stereocenters. The van der Waals surface area contributed by atoms with Gasteiger partial charge in [0.15, 0.2) is 10.3 Å². The highest BCUT2D eigenvalue weighted by Gasteiger charge is 2.21. The fraction of sp³-hybridized carbons (Fsp3) is 0.417. The van der Waals surface area contributed by atoms with Crippen LogP contribution in [0.3, 0.4) is 0 Å². The summed E-state index contributed by atoms with van der Waals surface area (Å²) in [4.78, 5) is 24.4. The molecule has 3 rings (SSSR count). The number of nitrogens with zero attached hydrogens (tertiary/aromatic N) is 3. The minimum atomic E-state index is -0.236. The third-order valence-corrected chi connectivity index (χ3v) is 5.36. The van der Waals surface area contributed by atoms with E-state index >= 15 is 0 Å². The maximum Gasteiger partial charge on any atom is 0.271 e. The van der Waals surface area contributed by atoms with Gasteiger partial charge >= 0.3 is 0 Å². The number of carbonyl (C=O) groups is 1. The summed E-state index contributed by atoms with van der Waals surface area (Å²) in [5, 5.41) is 4.19. The first-order valence-electron chi connectivity index (χ1n) is 6.28. The van der Waals surface area contributed by atoms with E-state index in [4.69, 9.17) is 5.73 Å². The molecule has 0 fully saturated rings. The van der Waals surface area contributed by atoms with Crippen molar-refractivity contribution in [3.8, 4) is 0 Å². The lowest BCUT2D eigenvalue weighted by atomic mass is 10.4. The minimum absolute atomic E-state index is 0.236. The second kappa shape index (κ2) is 5.02. The zero-order valence-electron chi connectivity index (χ0n) is 11.3. The van der Waals surface area contributed by atoms with Crippen LogP contribution in [0.2, 0.25) is 0 Å². The molecule has 0 saturated heterocycles. The number of thiazole rings is 2. The highest BCUT2D eigenvalue weighted by Crippen LogP contribution is 2.32. The monoisotopic (exact) mass is 309 g/mol. The van der Waals surface area contributed by atoms with Gasteiger partial charge in [0.25, 0.3) is 5.91 Å². The molecule has 0 aromatic carbocycles. The molecule has 3 N–H and O–H groups in total. The van der Waals surface area contributed by atoms with Crippen molar-refractivity contribution in [2.45, 2.75) is 19.3 Å². The van der Waals surface area contributed by atoms with Gasteiger partial charge in [-0.3, -0.25) is 10.1 Å². The molecule has 20 heavy (non-hydrogen) atoms. The number of aryl methyl sites for hydroxylation is 2. The summed E-state index contributed by atoms with van der Waals surface area (Å²) in [7, 11) is 3.73. The first kappa shape index (κ1) is 13.3. The Morgan fingerprint density at radius 1 is 1.30 bits per heavy atom. The van der Waals surface area contributed by atoms with E-state index in [-0.39, 0.29) is 11.7 Å². The topological polar surface area (TPSA) is 84.1 Å². The Kier molecular flexibility index (Phi) is 3.35. The van der Waals surface area contributed by atoms with Crippen molar-refractivity contribution in [1.29, 1.82) is 0 Å². The van der Waals surface area contributed by atoms with Crippen LogP contribution in [0.25, 0.3) is 0 Å². The highest BCUT2D eigenvalue weighted by molar-refractivity contribution is 7.18. The smallest absolute Gasteiger partial charge is 0.271 e. The summed E-state index contributed by atoms with van der Waals surface area (Å²) in [5.74, 6) is 0.0285. The van der Waals surface area contributed by atoms with E-state index in [2.05, 4.69) is 15.3 Å². The summed E-state index contributed by atoms with van der Waals surface area (Å²) >= 11 is 2.83. The predicted octanol–water partition coefficient (Wildman–Crippen LogP) is 1.99. The minimum Gasteiger partial charge on any atom is -0.382 e. The van der Waals surface area contributed by atoms with Gasteiger partial charge in [0.1, 0.15) is 10.7 Å². The largest absolute Gasteiger partial charge is 0.382 e. The van der Waals surface area contributed by atoms with Crippen molar-refractivity contribution in [3.05, 3.63) is 15.4 Å². The zero-order chi connectivity index (χ0) is 14.3. The molecule has 6 nitrogen and oxygen atoms in total. The summed E-state index contributed by atoms with van der Waals surface area (Å²) in [5.41, 5.74) is 6.92. The van der Waals surface area contributed by atoms with Crippen molar-refractivity contribution in [1.82, 2.24) is 9.97 Å². The van der Waals surface area contributed by atoms with Gasteiger partial charge in [-0.15, -0.1) is 11.3 Å². The van der Waals surface area contributed by atoms with Gasteiger partial charge in [0, 0.05) is 19.0 Å². The van der Waals surface area contributed by atoms with E-state index in [9.17, 15) is 4.79 Å². The van der Waals surface area contributed by atoms with Crippen LogP contribution in [-0.2, 0) is 12.8 Å². The van der Waals surface area contributed by atoms with Gasteiger partial charge in [-0.2, -0.15) is 0 Å². The molecule has 2 aromatic rings. The molecule has 106 valence electrons. The van der Waals surface area contributed by atoms with Gasteiger partial charge < -0.3 is 10.6 Å². The normalized spacial score (nSPS) is 13.3. The second-order valence-corrected chi connectivity index (χ2v) is 6.86. The number of carbonyl (C=O) groups excluding carboxylic acids is 1. The second-order valence-electron chi connectivity index (χ2n) is 4.80. The van der Waals surface area contributed by atoms with Crippen LogP contribution in [0.15, 0.2) is 0 Å². The molecule has 0 spiro atoms. The predicted molar refractivity (Wildman–Crippen MR) is 82.9 cm³/mol. The number of aromatic nitrogens is 2. The van der Waals surface area contributed by atoms with E-state index in [0.29, 0.717) is 15.1 Å². The first-order chi connectivity index (χ1) is 9.54. The molecule has 2 aromatic heterocycles. The van der Waals surface area contributed by atoms with E-state index in [0.717, 1.165) is 25.0 Å². The molecule has 1 amide bonds. The molecular weight excluding hydrogens is 294 g/mol. The Morgan fingerprint density at radius 2 is 2.10 bits per heavy atom. The molecule has 0 radical (unpaired) electrons. The Bertz CT molecular complexity index is 639. The number of nitrogens with two attached hydrogens (primary N) is 1. The van der Waals surface area contributed by atoms with Gasteiger partial charge in [-0.05, 0) is 19.3 Å². The summed E-state index contributed by atoms with van der Waals surface area (Å²) in [6.45, 7) is 0. The maximum atomic E-state index is 12.2. The average molecular weight is 309 g/mol. The van der Waals surface area contributed by atoms with Crippen molar-refractivity contribution in [2.24, 2.45) is 0 Å². The van der Waals surface area contributed by atoms with Crippen LogP contribution >= 0.6 is 22.7 Å². The fourth-order valence-corrected chi connectivity index (χ4v) is 3.92. The molecule has 8 heteroatoms. The van der Waals surface area contributed by atoms with Crippen LogP contribution in [-0.4, -0.2) is 30.0 Å². The summed E-state index contributed by atoms with van der Waals surface area (Å²) in [6, 6.07) is 0. The van der Waals surface area contributed by atoms with Crippen LogP contribution in [0.1, 0.15) is 26.7 Å². The van der Waals surface area contributed by atoms with Crippen LogP contribution in [0.4, 0.5) is 16.1 Å². The van der Waals surface area contributed by atoms with Crippen molar-refractivity contribution in [2.75, 3.05) is 30.0 Å². The third kappa shape index (κ3) is 2.36. The number of anilines is 3. The van der Waals surface area contributed by atoms with Crippen molar-refractivity contribution >= 4 is 44.7 Å². The van der Waals surface area contributed by atoms with Crippen LogP contribution in [0.5, 0.6) is 0 Å². The van der Waals surface area contributed by atoms with Crippen molar-refractivity contribution < 1.29 is 4.79 Å². The quantitative estimate of drug-likeness (QED) is 0.906. The zero-order valence-corrected chi connectivity index (χ0v) is 12.9. The van der Waals surface area contributed by atoms with Gasteiger partial charge in [-0.25, -0.2) is 9.97 Å². The Morgan fingerprint density at radius 3 is 2.75 bits per heavy atom. The molecule has 2 heterocycles. The molecule has 1 aliphatic carbocycles. The lowest BCUT2D eigenvalue weighted by Crippen LogP contribution is -2.12. The van der Waals surface area contributed by atoms with Gasteiger partial charge in [0.05, 0.1) is 5.69 Å². The number of nitrogens with one attached hydrogen (secondary N) is 1. The average Bonchev–Trinajstić information content (AvgIpc) is 3.02. The lowest BCUT2D eigenvalue weighted by Gasteiger charge is -2.04. The Labute approximate surface area is 124 Å². The Hall–Kier alpha value is -1.67. The van der Waals surface area contributed by atoms with E-state index in [1.54, 1.807) is 11.3 Å². The molecular formula is C12H15N5OS2. The Balaban J connectivity index is 1.78. The summed E-state index contributed by atoms with van der Waals surface area (Å²) in [6.07, 6.45) is 3.24. The SMILES string of the molecule is CN(C)c1nc(N)c(C(=O)Nc2nc3c(s2)CCC3)s1. The standard InChI is InChI=1S/C12H15N5OS2/c1-17(2)12-15-9(13)8(20-12)10(18)16-11-14-6-4-3-5-7(6)19-11/h3-5,13H2,1-2H3,(H,14,16,18). The van der Waals surface area contributed by atoms with Gasteiger partial charge in [-0.1, -0.05) is 11.3 Å². The van der Waals surface area contributed by atoms with E-state index in [1.807, 2.05) is 19.0 Å². The first-order valence-corrected chi connectivity index (χ1v) is 7.91. The molecule has 1 aliphatic rings.